The van der Waals surface area contributed by atoms with E-state index < -0.39 is 5.91 Å². The lowest BCUT2D eigenvalue weighted by atomic mass is 10.1. The van der Waals surface area contributed by atoms with Gasteiger partial charge in [0.1, 0.15) is 18.1 Å². The summed E-state index contributed by atoms with van der Waals surface area (Å²) in [6.07, 6.45) is 0.123. The first kappa shape index (κ1) is 21.2. The van der Waals surface area contributed by atoms with Crippen molar-refractivity contribution < 1.29 is 19.1 Å². The van der Waals surface area contributed by atoms with Crippen LogP contribution in [-0.2, 0) is 17.8 Å². The molecule has 0 saturated carbocycles. The number of ether oxygens (including phenoxy) is 2. The quantitative estimate of drug-likeness (QED) is 0.563. The van der Waals surface area contributed by atoms with Gasteiger partial charge in [0.25, 0.3) is 5.91 Å². The van der Waals surface area contributed by atoms with Crippen molar-refractivity contribution in [3.63, 3.8) is 0 Å². The second kappa shape index (κ2) is 10.3. The van der Waals surface area contributed by atoms with Crippen molar-refractivity contribution in [2.24, 2.45) is 0 Å². The number of hydrogen-bond donors (Lipinski definition) is 2. The van der Waals surface area contributed by atoms with E-state index in [0.717, 1.165) is 11.1 Å². The van der Waals surface area contributed by atoms with Crippen molar-refractivity contribution in [3.05, 3.63) is 94.5 Å². The van der Waals surface area contributed by atoms with Crippen molar-refractivity contribution in [1.29, 1.82) is 0 Å². The monoisotopic (exact) mass is 424 g/mol. The minimum atomic E-state index is -0.404. The molecular weight excluding hydrogens is 404 g/mol. The van der Waals surface area contributed by atoms with Crippen LogP contribution in [0.1, 0.15) is 21.5 Å². The molecule has 0 heterocycles. The molecule has 0 aliphatic heterocycles. The van der Waals surface area contributed by atoms with Gasteiger partial charge in [-0.3, -0.25) is 20.4 Å². The Labute approximate surface area is 179 Å². The van der Waals surface area contributed by atoms with Crippen LogP contribution < -0.4 is 20.3 Å². The maximum Gasteiger partial charge on any atom is 0.269 e. The molecule has 2 amide bonds. The number of hydrazine groups is 1. The Morgan fingerprint density at radius 1 is 0.867 bits per heavy atom. The minimum absolute atomic E-state index is 0.123. The number of carbonyl (C=O) groups excluding carboxylic acids is 2. The van der Waals surface area contributed by atoms with E-state index in [9.17, 15) is 9.59 Å². The Morgan fingerprint density at radius 2 is 1.60 bits per heavy atom. The zero-order valence-corrected chi connectivity index (χ0v) is 17.1. The average molecular weight is 425 g/mol. The summed E-state index contributed by atoms with van der Waals surface area (Å²) in [7, 11) is 1.56. The first-order valence-electron chi connectivity index (χ1n) is 9.23. The lowest BCUT2D eigenvalue weighted by Crippen LogP contribution is -2.42. The van der Waals surface area contributed by atoms with Crippen molar-refractivity contribution in [2.45, 2.75) is 13.0 Å². The Kier molecular flexibility index (Phi) is 7.29. The van der Waals surface area contributed by atoms with Gasteiger partial charge in [0.15, 0.2) is 0 Å². The third kappa shape index (κ3) is 6.25. The van der Waals surface area contributed by atoms with E-state index in [2.05, 4.69) is 10.9 Å². The summed E-state index contributed by atoms with van der Waals surface area (Å²) in [6, 6.07) is 21.2. The van der Waals surface area contributed by atoms with Gasteiger partial charge in [0.05, 0.1) is 13.5 Å². The molecule has 3 aromatic rings. The molecular formula is C23H21ClN2O4. The van der Waals surface area contributed by atoms with Crippen LogP contribution in [0.25, 0.3) is 0 Å². The molecule has 0 aromatic heterocycles. The number of halogens is 1. The minimum Gasteiger partial charge on any atom is -0.497 e. The van der Waals surface area contributed by atoms with Crippen LogP contribution in [-0.4, -0.2) is 18.9 Å². The Morgan fingerprint density at radius 3 is 2.30 bits per heavy atom. The molecule has 0 saturated heterocycles. The molecule has 30 heavy (non-hydrogen) atoms. The van der Waals surface area contributed by atoms with Crippen LogP contribution in [0.3, 0.4) is 0 Å². The zero-order valence-electron chi connectivity index (χ0n) is 16.4. The summed E-state index contributed by atoms with van der Waals surface area (Å²) in [6.45, 7) is 0.362. The largest absolute Gasteiger partial charge is 0.497 e. The number of amides is 2. The standard InChI is InChI=1S/C23H21ClN2O4/c1-29-21-4-2-3-17(13-21)14-22(27)25-26-23(28)18-7-5-16(6-8-18)15-30-20-11-9-19(24)10-12-20/h2-13H,14-15H2,1H3,(H,25,27)(H,26,28). The van der Waals surface area contributed by atoms with Crippen LogP contribution in [0.15, 0.2) is 72.8 Å². The fourth-order valence-electron chi connectivity index (χ4n) is 2.66. The van der Waals surface area contributed by atoms with Gasteiger partial charge < -0.3 is 9.47 Å². The molecule has 7 heteroatoms. The molecule has 0 unspecified atom stereocenters. The molecule has 3 rings (SSSR count). The summed E-state index contributed by atoms with van der Waals surface area (Å²) in [5.41, 5.74) is 6.95. The summed E-state index contributed by atoms with van der Waals surface area (Å²) >= 11 is 5.85. The maximum atomic E-state index is 12.2. The second-order valence-corrected chi connectivity index (χ2v) is 6.91. The SMILES string of the molecule is COc1cccc(CC(=O)NNC(=O)c2ccc(COc3ccc(Cl)cc3)cc2)c1. The Hall–Kier alpha value is -3.51. The van der Waals surface area contributed by atoms with Crippen molar-refractivity contribution in [2.75, 3.05) is 7.11 Å². The van der Waals surface area contributed by atoms with Gasteiger partial charge in [0, 0.05) is 10.6 Å². The van der Waals surface area contributed by atoms with Gasteiger partial charge in [-0.15, -0.1) is 0 Å². The highest BCUT2D eigenvalue weighted by atomic mass is 35.5. The fraction of sp³-hybridized carbons (Fsp3) is 0.130. The van der Waals surface area contributed by atoms with E-state index in [-0.39, 0.29) is 12.3 Å². The highest BCUT2D eigenvalue weighted by molar-refractivity contribution is 6.30. The molecule has 0 spiro atoms. The molecule has 3 aromatic carbocycles. The van der Waals surface area contributed by atoms with E-state index in [1.807, 2.05) is 6.07 Å². The van der Waals surface area contributed by atoms with E-state index in [4.69, 9.17) is 21.1 Å². The number of rotatable bonds is 7. The summed E-state index contributed by atoms with van der Waals surface area (Å²) in [5.74, 6) is 0.646. The predicted molar refractivity (Wildman–Crippen MR) is 115 cm³/mol. The number of nitrogens with one attached hydrogen (secondary N) is 2. The van der Waals surface area contributed by atoms with Gasteiger partial charge >= 0.3 is 0 Å². The topological polar surface area (TPSA) is 76.7 Å². The first-order chi connectivity index (χ1) is 14.5. The van der Waals surface area contributed by atoms with E-state index in [1.54, 1.807) is 73.8 Å². The fourth-order valence-corrected chi connectivity index (χ4v) is 2.79. The van der Waals surface area contributed by atoms with Crippen LogP contribution in [0, 0.1) is 0 Å². The zero-order chi connectivity index (χ0) is 21.3. The number of benzene rings is 3. The maximum absolute atomic E-state index is 12.2. The van der Waals surface area contributed by atoms with Crippen molar-refractivity contribution in [3.8, 4) is 11.5 Å². The first-order valence-corrected chi connectivity index (χ1v) is 9.61. The highest BCUT2D eigenvalue weighted by Gasteiger charge is 2.09. The van der Waals surface area contributed by atoms with E-state index in [1.165, 1.54) is 0 Å². The van der Waals surface area contributed by atoms with Gasteiger partial charge in [-0.05, 0) is 59.7 Å². The number of hydrogen-bond acceptors (Lipinski definition) is 4. The third-order valence-corrected chi connectivity index (χ3v) is 4.50. The molecule has 2 N–H and O–H groups in total. The van der Waals surface area contributed by atoms with E-state index >= 15 is 0 Å². The van der Waals surface area contributed by atoms with Crippen LogP contribution >= 0.6 is 11.6 Å². The molecule has 0 bridgehead atoms. The lowest BCUT2D eigenvalue weighted by Gasteiger charge is -2.09. The second-order valence-electron chi connectivity index (χ2n) is 6.47. The smallest absolute Gasteiger partial charge is 0.269 e. The summed E-state index contributed by atoms with van der Waals surface area (Å²) < 4.78 is 10.8. The predicted octanol–water partition coefficient (Wildman–Crippen LogP) is 3.93. The van der Waals surface area contributed by atoms with E-state index in [0.29, 0.717) is 28.7 Å². The van der Waals surface area contributed by atoms with Gasteiger partial charge in [0.2, 0.25) is 5.91 Å². The van der Waals surface area contributed by atoms with Gasteiger partial charge in [-0.25, -0.2) is 0 Å². The van der Waals surface area contributed by atoms with Gasteiger partial charge in [-0.1, -0.05) is 35.9 Å². The Bertz CT molecular complexity index is 1000. The van der Waals surface area contributed by atoms with Gasteiger partial charge in [-0.2, -0.15) is 0 Å². The third-order valence-electron chi connectivity index (χ3n) is 4.25. The molecule has 0 fully saturated rings. The molecule has 0 atom stereocenters. The molecule has 0 radical (unpaired) electrons. The number of methoxy groups -OCH3 is 1. The van der Waals surface area contributed by atoms with Crippen LogP contribution in [0.5, 0.6) is 11.5 Å². The normalized spacial score (nSPS) is 10.2. The molecule has 154 valence electrons. The van der Waals surface area contributed by atoms with Crippen LogP contribution in [0.4, 0.5) is 0 Å². The lowest BCUT2D eigenvalue weighted by molar-refractivity contribution is -0.121. The molecule has 6 nitrogen and oxygen atoms in total. The van der Waals surface area contributed by atoms with Crippen molar-refractivity contribution in [1.82, 2.24) is 10.9 Å². The highest BCUT2D eigenvalue weighted by Crippen LogP contribution is 2.17. The molecule has 0 aliphatic rings. The average Bonchev–Trinajstić information content (AvgIpc) is 2.77. The summed E-state index contributed by atoms with van der Waals surface area (Å²) in [5, 5.41) is 0.647. The molecule has 0 aliphatic carbocycles. The Balaban J connectivity index is 1.46. The van der Waals surface area contributed by atoms with Crippen LogP contribution in [0.2, 0.25) is 5.02 Å². The number of carbonyl (C=O) groups is 2. The summed E-state index contributed by atoms with van der Waals surface area (Å²) in [4.78, 5) is 24.3. The van der Waals surface area contributed by atoms with Crippen molar-refractivity contribution >= 4 is 23.4 Å².